The van der Waals surface area contributed by atoms with Crippen molar-refractivity contribution in [2.24, 2.45) is 10.7 Å². The standard InChI is InChI=1S/C21H26ClN5O.HI/c1-15-3-8-18(22)13-19(15)26-9-11-27(12-10-26)21(24-2)25-14-16-4-6-17(7-5-16)20(23)28;/h3-8,13H,9-12,14H2,1-2H3,(H2,23,28)(H,24,25);1H. The van der Waals surface area contributed by atoms with Crippen molar-refractivity contribution < 1.29 is 4.79 Å². The van der Waals surface area contributed by atoms with Crippen LogP contribution in [0, 0.1) is 6.92 Å². The first kappa shape index (κ1) is 23.3. The van der Waals surface area contributed by atoms with E-state index in [0.717, 1.165) is 42.7 Å². The summed E-state index contributed by atoms with van der Waals surface area (Å²) in [7, 11) is 1.80. The number of carbonyl (C=O) groups excluding carboxylic acids is 1. The molecule has 3 N–H and O–H groups in total. The van der Waals surface area contributed by atoms with Gasteiger partial charge in [-0.15, -0.1) is 24.0 Å². The fraction of sp³-hybridized carbons (Fsp3) is 0.333. The van der Waals surface area contributed by atoms with Gasteiger partial charge in [-0.3, -0.25) is 9.79 Å². The number of benzene rings is 2. The minimum absolute atomic E-state index is 0. The number of nitrogens with one attached hydrogen (secondary N) is 1. The van der Waals surface area contributed by atoms with Crippen LogP contribution in [0.15, 0.2) is 47.5 Å². The molecule has 0 unspecified atom stereocenters. The number of hydrogen-bond acceptors (Lipinski definition) is 3. The van der Waals surface area contributed by atoms with Gasteiger partial charge in [0.05, 0.1) is 0 Å². The lowest BCUT2D eigenvalue weighted by Crippen LogP contribution is -2.52. The lowest BCUT2D eigenvalue weighted by Gasteiger charge is -2.38. The van der Waals surface area contributed by atoms with Crippen LogP contribution in [0.5, 0.6) is 0 Å². The van der Waals surface area contributed by atoms with Crippen LogP contribution < -0.4 is 16.0 Å². The Morgan fingerprint density at radius 1 is 1.14 bits per heavy atom. The van der Waals surface area contributed by atoms with E-state index in [-0.39, 0.29) is 24.0 Å². The highest BCUT2D eigenvalue weighted by molar-refractivity contribution is 14.0. The number of aryl methyl sites for hydroxylation is 1. The molecular formula is C21H27ClIN5O. The topological polar surface area (TPSA) is 74.0 Å². The predicted octanol–water partition coefficient (Wildman–Crippen LogP) is 3.26. The van der Waals surface area contributed by atoms with Crippen LogP contribution in [-0.4, -0.2) is 50.0 Å². The zero-order valence-electron chi connectivity index (χ0n) is 16.7. The minimum Gasteiger partial charge on any atom is -0.368 e. The highest BCUT2D eigenvalue weighted by Crippen LogP contribution is 2.25. The van der Waals surface area contributed by atoms with E-state index in [4.69, 9.17) is 17.3 Å². The predicted molar refractivity (Wildman–Crippen MR) is 131 cm³/mol. The first-order valence-electron chi connectivity index (χ1n) is 9.33. The fourth-order valence-corrected chi connectivity index (χ4v) is 3.55. The largest absolute Gasteiger partial charge is 0.368 e. The average Bonchev–Trinajstić information content (AvgIpc) is 2.71. The van der Waals surface area contributed by atoms with E-state index < -0.39 is 5.91 Å². The van der Waals surface area contributed by atoms with Crippen LogP contribution in [0.1, 0.15) is 21.5 Å². The van der Waals surface area contributed by atoms with E-state index in [1.54, 1.807) is 19.2 Å². The number of amides is 1. The molecule has 0 bridgehead atoms. The maximum atomic E-state index is 11.2. The summed E-state index contributed by atoms with van der Waals surface area (Å²) in [4.78, 5) is 20.2. The highest BCUT2D eigenvalue weighted by Gasteiger charge is 2.21. The first-order chi connectivity index (χ1) is 13.5. The van der Waals surface area contributed by atoms with Crippen LogP contribution >= 0.6 is 35.6 Å². The number of nitrogens with two attached hydrogens (primary N) is 1. The Kier molecular flexibility index (Phi) is 8.58. The van der Waals surface area contributed by atoms with Crippen molar-refractivity contribution in [3.8, 4) is 0 Å². The molecule has 0 radical (unpaired) electrons. The molecule has 1 aliphatic rings. The van der Waals surface area contributed by atoms with Crippen molar-refractivity contribution in [2.45, 2.75) is 13.5 Å². The second-order valence-electron chi connectivity index (χ2n) is 6.87. The third-order valence-electron chi connectivity index (χ3n) is 4.99. The Morgan fingerprint density at radius 2 is 1.79 bits per heavy atom. The van der Waals surface area contributed by atoms with Gasteiger partial charge in [0.2, 0.25) is 5.91 Å². The van der Waals surface area contributed by atoms with Gasteiger partial charge >= 0.3 is 0 Å². The third-order valence-corrected chi connectivity index (χ3v) is 5.23. The molecule has 1 saturated heterocycles. The molecule has 156 valence electrons. The number of hydrogen-bond donors (Lipinski definition) is 2. The molecule has 0 aromatic heterocycles. The number of carbonyl (C=O) groups is 1. The van der Waals surface area contributed by atoms with Crippen molar-refractivity contribution in [1.29, 1.82) is 0 Å². The summed E-state index contributed by atoms with van der Waals surface area (Å²) >= 11 is 6.17. The van der Waals surface area contributed by atoms with Crippen molar-refractivity contribution in [1.82, 2.24) is 10.2 Å². The molecule has 1 aliphatic heterocycles. The van der Waals surface area contributed by atoms with Crippen LogP contribution in [-0.2, 0) is 6.54 Å². The van der Waals surface area contributed by atoms with Gasteiger partial charge in [0.1, 0.15) is 0 Å². The molecule has 6 nitrogen and oxygen atoms in total. The van der Waals surface area contributed by atoms with Crippen LogP contribution in [0.3, 0.4) is 0 Å². The van der Waals surface area contributed by atoms with Crippen molar-refractivity contribution in [2.75, 3.05) is 38.1 Å². The number of primary amides is 1. The zero-order chi connectivity index (χ0) is 20.1. The maximum absolute atomic E-state index is 11.2. The second kappa shape index (κ2) is 10.7. The van der Waals surface area contributed by atoms with E-state index in [2.05, 4.69) is 33.1 Å². The van der Waals surface area contributed by atoms with Crippen molar-refractivity contribution in [3.63, 3.8) is 0 Å². The number of aliphatic imine (C=N–C) groups is 1. The molecule has 0 saturated carbocycles. The Labute approximate surface area is 194 Å². The molecule has 1 heterocycles. The molecule has 1 amide bonds. The molecule has 0 atom stereocenters. The molecular weight excluding hydrogens is 501 g/mol. The normalized spacial score (nSPS) is 14.4. The summed E-state index contributed by atoms with van der Waals surface area (Å²) in [5.74, 6) is 0.463. The van der Waals surface area contributed by atoms with Gasteiger partial charge in [-0.1, -0.05) is 29.8 Å². The number of guanidine groups is 1. The number of anilines is 1. The molecule has 2 aromatic rings. The summed E-state index contributed by atoms with van der Waals surface area (Å²) in [5.41, 5.74) is 9.30. The molecule has 0 spiro atoms. The Bertz CT molecular complexity index is 864. The molecule has 0 aliphatic carbocycles. The Balaban J connectivity index is 0.00000300. The summed E-state index contributed by atoms with van der Waals surface area (Å²) in [5, 5.41) is 4.17. The number of piperazine rings is 1. The van der Waals surface area contributed by atoms with Gasteiger partial charge in [0.25, 0.3) is 0 Å². The summed E-state index contributed by atoms with van der Waals surface area (Å²) in [6.07, 6.45) is 0. The molecule has 3 rings (SSSR count). The number of halogens is 2. The van der Waals surface area contributed by atoms with Gasteiger partial charge in [-0.25, -0.2) is 0 Å². The van der Waals surface area contributed by atoms with Gasteiger partial charge in [0.15, 0.2) is 5.96 Å². The van der Waals surface area contributed by atoms with E-state index in [1.807, 2.05) is 24.3 Å². The molecule has 2 aromatic carbocycles. The Morgan fingerprint density at radius 3 is 2.38 bits per heavy atom. The summed E-state index contributed by atoms with van der Waals surface area (Å²) < 4.78 is 0. The van der Waals surface area contributed by atoms with E-state index >= 15 is 0 Å². The van der Waals surface area contributed by atoms with Crippen LogP contribution in [0.2, 0.25) is 5.02 Å². The van der Waals surface area contributed by atoms with Crippen LogP contribution in [0.4, 0.5) is 5.69 Å². The van der Waals surface area contributed by atoms with Gasteiger partial charge < -0.3 is 20.9 Å². The lowest BCUT2D eigenvalue weighted by molar-refractivity contribution is 0.100. The van der Waals surface area contributed by atoms with Gasteiger partial charge in [-0.05, 0) is 42.3 Å². The monoisotopic (exact) mass is 527 g/mol. The smallest absolute Gasteiger partial charge is 0.248 e. The van der Waals surface area contributed by atoms with E-state index in [1.165, 1.54) is 11.3 Å². The average molecular weight is 528 g/mol. The summed E-state index contributed by atoms with van der Waals surface area (Å²) in [6.45, 7) is 6.34. The SMILES string of the molecule is CN=C(NCc1ccc(C(N)=O)cc1)N1CCN(c2cc(Cl)ccc2C)CC1.I. The minimum atomic E-state index is -0.414. The lowest BCUT2D eigenvalue weighted by atomic mass is 10.1. The first-order valence-corrected chi connectivity index (χ1v) is 9.71. The fourth-order valence-electron chi connectivity index (χ4n) is 3.38. The highest BCUT2D eigenvalue weighted by atomic mass is 127. The number of nitrogens with zero attached hydrogens (tertiary/aromatic N) is 3. The Hall–Kier alpha value is -2.00. The van der Waals surface area contributed by atoms with Crippen LogP contribution in [0.25, 0.3) is 0 Å². The number of rotatable bonds is 4. The van der Waals surface area contributed by atoms with Crippen molar-refractivity contribution >= 4 is 53.1 Å². The van der Waals surface area contributed by atoms with Gasteiger partial charge in [-0.2, -0.15) is 0 Å². The van der Waals surface area contributed by atoms with E-state index in [9.17, 15) is 4.79 Å². The third kappa shape index (κ3) is 5.99. The zero-order valence-corrected chi connectivity index (χ0v) is 19.8. The van der Waals surface area contributed by atoms with Crippen molar-refractivity contribution in [3.05, 3.63) is 64.2 Å². The molecule has 29 heavy (non-hydrogen) atoms. The molecule has 8 heteroatoms. The quantitative estimate of drug-likeness (QED) is 0.364. The molecule has 1 fully saturated rings. The second-order valence-corrected chi connectivity index (χ2v) is 7.30. The summed E-state index contributed by atoms with van der Waals surface area (Å²) in [6, 6.07) is 13.3. The van der Waals surface area contributed by atoms with Gasteiger partial charge in [0, 0.05) is 56.0 Å². The maximum Gasteiger partial charge on any atom is 0.248 e. The van der Waals surface area contributed by atoms with E-state index in [0.29, 0.717) is 12.1 Å².